The number of hydrogen-bond donors (Lipinski definition) is 1. The Morgan fingerprint density at radius 2 is 1.95 bits per heavy atom. The molecule has 102 valence electrons. The molecule has 0 aromatic carbocycles. The average molecular weight is 280 g/mol. The fraction of sp³-hybridized carbons (Fsp3) is 0.462. The van der Waals surface area contributed by atoms with Crippen LogP contribution in [0.1, 0.15) is 41.6 Å². The lowest BCUT2D eigenvalue weighted by Gasteiger charge is -2.16. The van der Waals surface area contributed by atoms with E-state index in [0.29, 0.717) is 21.0 Å². The molecule has 0 aliphatic rings. The van der Waals surface area contributed by atoms with E-state index < -0.39 is 11.4 Å². The molecule has 1 rings (SSSR count). The summed E-state index contributed by atoms with van der Waals surface area (Å²) in [6.07, 6.45) is 0. The number of anilines is 1. The molecule has 0 radical (unpaired) electrons. The summed E-state index contributed by atoms with van der Waals surface area (Å²) in [4.78, 5) is 23.8. The second-order valence-electron chi connectivity index (χ2n) is 5.07. The third-order valence-corrected chi connectivity index (χ3v) is 3.72. The highest BCUT2D eigenvalue weighted by Crippen LogP contribution is 2.33. The number of ether oxygens (including phenoxy) is 1. The Balaban J connectivity index is 3.20. The van der Waals surface area contributed by atoms with Gasteiger partial charge in [-0.15, -0.1) is 11.3 Å². The second kappa shape index (κ2) is 5.41. The SMILES string of the molecule is COC(=O)c1sc(NC(=O)C(C)(C)C)c(C#N)c1C. The van der Waals surface area contributed by atoms with Crippen molar-refractivity contribution in [1.82, 2.24) is 0 Å². The highest BCUT2D eigenvalue weighted by molar-refractivity contribution is 7.18. The first-order valence-corrected chi connectivity index (χ1v) is 6.47. The number of rotatable bonds is 2. The van der Waals surface area contributed by atoms with E-state index in [-0.39, 0.29) is 5.91 Å². The van der Waals surface area contributed by atoms with Gasteiger partial charge >= 0.3 is 5.97 Å². The van der Waals surface area contributed by atoms with Gasteiger partial charge in [-0.2, -0.15) is 5.26 Å². The lowest BCUT2D eigenvalue weighted by Crippen LogP contribution is -2.27. The molecule has 1 aromatic rings. The number of hydrogen-bond acceptors (Lipinski definition) is 5. The predicted molar refractivity (Wildman–Crippen MR) is 73.2 cm³/mol. The maximum Gasteiger partial charge on any atom is 0.348 e. The van der Waals surface area contributed by atoms with Crippen molar-refractivity contribution in [1.29, 1.82) is 5.26 Å². The first kappa shape index (κ1) is 15.2. The highest BCUT2D eigenvalue weighted by atomic mass is 32.1. The molecule has 0 bridgehead atoms. The van der Waals surface area contributed by atoms with Gasteiger partial charge in [0.1, 0.15) is 15.9 Å². The van der Waals surface area contributed by atoms with Crippen molar-refractivity contribution in [2.45, 2.75) is 27.7 Å². The summed E-state index contributed by atoms with van der Waals surface area (Å²) < 4.78 is 4.65. The summed E-state index contributed by atoms with van der Waals surface area (Å²) in [5.41, 5.74) is 0.266. The van der Waals surface area contributed by atoms with Crippen LogP contribution in [-0.2, 0) is 9.53 Å². The number of carbonyl (C=O) groups is 2. The van der Waals surface area contributed by atoms with Gasteiger partial charge in [0.15, 0.2) is 0 Å². The third kappa shape index (κ3) is 3.12. The Morgan fingerprint density at radius 1 is 1.37 bits per heavy atom. The first-order valence-electron chi connectivity index (χ1n) is 5.65. The van der Waals surface area contributed by atoms with Crippen LogP contribution in [-0.4, -0.2) is 19.0 Å². The summed E-state index contributed by atoms with van der Waals surface area (Å²) in [7, 11) is 1.28. The smallest absolute Gasteiger partial charge is 0.348 e. The number of amides is 1. The van der Waals surface area contributed by atoms with Crippen LogP contribution in [0.5, 0.6) is 0 Å². The van der Waals surface area contributed by atoms with E-state index >= 15 is 0 Å². The van der Waals surface area contributed by atoms with Crippen molar-refractivity contribution in [2.75, 3.05) is 12.4 Å². The van der Waals surface area contributed by atoms with Crippen LogP contribution < -0.4 is 5.32 Å². The predicted octanol–water partition coefficient (Wildman–Crippen LogP) is 2.70. The Bertz CT molecular complexity index is 562. The molecule has 0 aliphatic heterocycles. The van der Waals surface area contributed by atoms with Crippen LogP contribution in [0.15, 0.2) is 0 Å². The minimum atomic E-state index is -0.573. The van der Waals surface area contributed by atoms with E-state index in [1.165, 1.54) is 7.11 Å². The normalized spacial score (nSPS) is 10.7. The van der Waals surface area contributed by atoms with Crippen molar-refractivity contribution in [3.8, 4) is 6.07 Å². The second-order valence-corrected chi connectivity index (χ2v) is 6.09. The first-order chi connectivity index (χ1) is 8.72. The molecule has 19 heavy (non-hydrogen) atoms. The average Bonchev–Trinajstić information content (AvgIpc) is 2.63. The molecule has 1 N–H and O–H groups in total. The Morgan fingerprint density at radius 3 is 2.37 bits per heavy atom. The van der Waals surface area contributed by atoms with Crippen LogP contribution in [0.25, 0.3) is 0 Å². The maximum absolute atomic E-state index is 11.9. The highest BCUT2D eigenvalue weighted by Gasteiger charge is 2.26. The van der Waals surface area contributed by atoms with Crippen molar-refractivity contribution < 1.29 is 14.3 Å². The molecule has 0 aliphatic carbocycles. The van der Waals surface area contributed by atoms with Crippen LogP contribution >= 0.6 is 11.3 Å². The molecule has 5 nitrogen and oxygen atoms in total. The fourth-order valence-corrected chi connectivity index (χ4v) is 2.38. The van der Waals surface area contributed by atoms with Gasteiger partial charge in [0.25, 0.3) is 0 Å². The molecule has 1 heterocycles. The minimum absolute atomic E-state index is 0.207. The van der Waals surface area contributed by atoms with Crippen molar-refractivity contribution >= 4 is 28.2 Å². The summed E-state index contributed by atoms with van der Waals surface area (Å²) >= 11 is 1.06. The summed E-state index contributed by atoms with van der Waals surface area (Å²) in [6, 6.07) is 2.01. The van der Waals surface area contributed by atoms with Crippen LogP contribution in [0, 0.1) is 23.7 Å². The molecule has 0 spiro atoms. The number of esters is 1. The molecule has 0 unspecified atom stereocenters. The van der Waals surface area contributed by atoms with Gasteiger partial charge in [-0.25, -0.2) is 4.79 Å². The summed E-state index contributed by atoms with van der Waals surface area (Å²) in [5.74, 6) is -0.711. The maximum atomic E-state index is 11.9. The molecular weight excluding hydrogens is 264 g/mol. The lowest BCUT2D eigenvalue weighted by molar-refractivity contribution is -0.123. The monoisotopic (exact) mass is 280 g/mol. The molecule has 0 atom stereocenters. The zero-order valence-electron chi connectivity index (χ0n) is 11.6. The molecule has 0 saturated heterocycles. The quantitative estimate of drug-likeness (QED) is 0.845. The van der Waals surface area contributed by atoms with E-state index in [9.17, 15) is 9.59 Å². The molecule has 0 saturated carbocycles. The number of carbonyl (C=O) groups excluding carboxylic acids is 2. The number of methoxy groups -OCH3 is 1. The van der Waals surface area contributed by atoms with E-state index in [0.717, 1.165) is 11.3 Å². The molecular formula is C13H16N2O3S. The topological polar surface area (TPSA) is 79.2 Å². The van der Waals surface area contributed by atoms with Crippen LogP contribution in [0.2, 0.25) is 0 Å². The Labute approximate surface area is 116 Å². The molecule has 6 heteroatoms. The van der Waals surface area contributed by atoms with E-state index in [1.807, 2.05) is 6.07 Å². The minimum Gasteiger partial charge on any atom is -0.465 e. The third-order valence-electron chi connectivity index (χ3n) is 2.54. The van der Waals surface area contributed by atoms with Gasteiger partial charge in [-0.05, 0) is 12.5 Å². The van der Waals surface area contributed by atoms with Gasteiger partial charge in [0.05, 0.1) is 12.7 Å². The largest absolute Gasteiger partial charge is 0.465 e. The van der Waals surface area contributed by atoms with Crippen molar-refractivity contribution in [2.24, 2.45) is 5.41 Å². The number of nitrogens with zero attached hydrogens (tertiary/aromatic N) is 1. The fourth-order valence-electron chi connectivity index (χ4n) is 1.31. The van der Waals surface area contributed by atoms with Gasteiger partial charge in [-0.3, -0.25) is 4.79 Å². The lowest BCUT2D eigenvalue weighted by atomic mass is 9.96. The van der Waals surface area contributed by atoms with Gasteiger partial charge in [-0.1, -0.05) is 20.8 Å². The van der Waals surface area contributed by atoms with E-state index in [2.05, 4.69) is 10.1 Å². The van der Waals surface area contributed by atoms with E-state index in [4.69, 9.17) is 5.26 Å². The molecule has 1 aromatic heterocycles. The number of thiophene rings is 1. The van der Waals surface area contributed by atoms with E-state index in [1.54, 1.807) is 27.7 Å². The zero-order chi connectivity index (χ0) is 14.8. The Hall–Kier alpha value is -1.87. The standard InChI is InChI=1S/C13H16N2O3S/c1-7-8(6-14)10(15-12(17)13(2,3)4)19-9(7)11(16)18-5/h1-5H3,(H,15,17). The summed E-state index contributed by atoms with van der Waals surface area (Å²) in [5, 5.41) is 12.2. The van der Waals surface area contributed by atoms with Crippen LogP contribution in [0.3, 0.4) is 0 Å². The van der Waals surface area contributed by atoms with Crippen molar-refractivity contribution in [3.63, 3.8) is 0 Å². The van der Waals surface area contributed by atoms with Gasteiger partial charge < -0.3 is 10.1 Å². The number of nitrogens with one attached hydrogen (secondary N) is 1. The zero-order valence-corrected chi connectivity index (χ0v) is 12.4. The summed E-state index contributed by atoms with van der Waals surface area (Å²) in [6.45, 7) is 6.98. The molecule has 1 amide bonds. The number of nitriles is 1. The molecule has 0 fully saturated rings. The van der Waals surface area contributed by atoms with Gasteiger partial charge in [0.2, 0.25) is 5.91 Å². The van der Waals surface area contributed by atoms with Crippen LogP contribution in [0.4, 0.5) is 5.00 Å². The van der Waals surface area contributed by atoms with Gasteiger partial charge in [0, 0.05) is 5.41 Å². The Kier molecular flexibility index (Phi) is 4.32. The van der Waals surface area contributed by atoms with Crippen molar-refractivity contribution in [3.05, 3.63) is 16.0 Å².